The number of carbonyl (C=O) groups excluding carboxylic acids is 1. The lowest BCUT2D eigenvalue weighted by Gasteiger charge is -2.00. The first kappa shape index (κ1) is 10.9. The molecular weight excluding hydrogens is 244 g/mol. The second-order valence-corrected chi connectivity index (χ2v) is 3.69. The van der Waals surface area contributed by atoms with Crippen molar-refractivity contribution in [3.8, 4) is 0 Å². The van der Waals surface area contributed by atoms with E-state index in [0.29, 0.717) is 0 Å². The van der Waals surface area contributed by atoms with E-state index in [-0.39, 0.29) is 10.4 Å². The number of carbonyl (C=O) groups is 1. The molecule has 1 aromatic carbocycles. The van der Waals surface area contributed by atoms with E-state index < -0.39 is 0 Å². The molecule has 0 aliphatic rings. The van der Waals surface area contributed by atoms with Crippen LogP contribution in [0, 0.1) is 6.92 Å². The van der Waals surface area contributed by atoms with Gasteiger partial charge in [-0.2, -0.15) is 5.10 Å². The van der Waals surface area contributed by atoms with E-state index in [1.165, 1.54) is 12.5 Å². The van der Waals surface area contributed by atoms with Crippen molar-refractivity contribution in [3.63, 3.8) is 0 Å². The summed E-state index contributed by atoms with van der Waals surface area (Å²) in [6, 6.07) is 7.75. The van der Waals surface area contributed by atoms with Gasteiger partial charge >= 0.3 is 0 Å². The number of nitrogens with one attached hydrogen (secondary N) is 1. The Kier molecular flexibility index (Phi) is 3.83. The smallest absolute Gasteiger partial charge is 0.187 e. The van der Waals surface area contributed by atoms with Crippen LogP contribution in [0.25, 0.3) is 0 Å². The normalized spacial score (nSPS) is 11.2. The van der Waals surface area contributed by atoms with Crippen LogP contribution < -0.4 is 5.43 Å². The maximum atomic E-state index is 10.8. The second-order valence-electron chi connectivity index (χ2n) is 2.94. The summed E-state index contributed by atoms with van der Waals surface area (Å²) in [5.41, 5.74) is 4.81. The van der Waals surface area contributed by atoms with Crippen molar-refractivity contribution in [1.29, 1.82) is 0 Å². The maximum absolute atomic E-state index is 10.8. The van der Waals surface area contributed by atoms with Gasteiger partial charge in [0, 0.05) is 6.92 Å². The van der Waals surface area contributed by atoms with Gasteiger partial charge in [-0.15, -0.1) is 0 Å². The molecule has 0 unspecified atom stereocenters. The largest absolute Gasteiger partial charge is 0.292 e. The Labute approximate surface area is 91.3 Å². The molecular formula is C10H11BrN2O. The topological polar surface area (TPSA) is 41.5 Å². The summed E-state index contributed by atoms with van der Waals surface area (Å²) in [4.78, 5) is 10.8. The Hall–Kier alpha value is -1.16. The monoisotopic (exact) mass is 254 g/mol. The summed E-state index contributed by atoms with van der Waals surface area (Å²) in [5.74, 6) is -0.107. The van der Waals surface area contributed by atoms with Crippen molar-refractivity contribution in [2.45, 2.75) is 13.8 Å². The maximum Gasteiger partial charge on any atom is 0.187 e. The van der Waals surface area contributed by atoms with E-state index in [1.807, 2.05) is 31.2 Å². The summed E-state index contributed by atoms with van der Waals surface area (Å²) in [7, 11) is 0. The van der Waals surface area contributed by atoms with Crippen LogP contribution in [0.4, 0.5) is 5.69 Å². The summed E-state index contributed by atoms with van der Waals surface area (Å²) >= 11 is 3.05. The van der Waals surface area contributed by atoms with Crippen molar-refractivity contribution >= 4 is 32.0 Å². The second kappa shape index (κ2) is 4.91. The van der Waals surface area contributed by atoms with Crippen molar-refractivity contribution in [3.05, 3.63) is 29.8 Å². The molecule has 0 aliphatic heterocycles. The third kappa shape index (κ3) is 3.30. The van der Waals surface area contributed by atoms with Crippen LogP contribution in [0.5, 0.6) is 0 Å². The highest BCUT2D eigenvalue weighted by atomic mass is 79.9. The van der Waals surface area contributed by atoms with E-state index in [1.54, 1.807) is 0 Å². The molecule has 14 heavy (non-hydrogen) atoms. The standard InChI is InChI=1S/C10H11BrN2O/c1-7-3-5-9(6-4-7)12-13-10(11)8(2)14/h3-6,12H,1-2H3/b13-10-. The Morgan fingerprint density at radius 2 is 1.93 bits per heavy atom. The zero-order valence-corrected chi connectivity index (χ0v) is 9.63. The van der Waals surface area contributed by atoms with Gasteiger partial charge in [-0.05, 0) is 35.0 Å². The number of hydrazone groups is 1. The third-order valence-electron chi connectivity index (χ3n) is 1.63. The molecule has 0 spiro atoms. The minimum atomic E-state index is -0.107. The molecule has 1 aromatic rings. The first-order valence-corrected chi connectivity index (χ1v) is 4.95. The molecule has 1 rings (SSSR count). The van der Waals surface area contributed by atoms with Crippen LogP contribution in [0.15, 0.2) is 29.4 Å². The fourth-order valence-corrected chi connectivity index (χ4v) is 0.909. The van der Waals surface area contributed by atoms with E-state index in [2.05, 4.69) is 26.5 Å². The Morgan fingerprint density at radius 1 is 1.36 bits per heavy atom. The molecule has 0 atom stereocenters. The molecule has 0 radical (unpaired) electrons. The summed E-state index contributed by atoms with van der Waals surface area (Å²) in [6.45, 7) is 3.46. The first-order valence-electron chi connectivity index (χ1n) is 4.16. The molecule has 3 nitrogen and oxygen atoms in total. The van der Waals surface area contributed by atoms with Crippen molar-refractivity contribution in [2.75, 3.05) is 5.43 Å². The molecule has 0 amide bonds. The van der Waals surface area contributed by atoms with Gasteiger partial charge in [0.25, 0.3) is 0 Å². The van der Waals surface area contributed by atoms with Gasteiger partial charge < -0.3 is 0 Å². The Bertz CT molecular complexity index is 357. The fraction of sp³-hybridized carbons (Fsp3) is 0.200. The van der Waals surface area contributed by atoms with E-state index in [0.717, 1.165) is 5.69 Å². The SMILES string of the molecule is CC(=O)/C(Br)=N/Nc1ccc(C)cc1. The number of hydrogen-bond donors (Lipinski definition) is 1. The summed E-state index contributed by atoms with van der Waals surface area (Å²) in [5, 5.41) is 3.86. The molecule has 0 saturated carbocycles. The van der Waals surface area contributed by atoms with E-state index >= 15 is 0 Å². The van der Waals surface area contributed by atoms with E-state index in [4.69, 9.17) is 0 Å². The molecule has 0 fully saturated rings. The lowest BCUT2D eigenvalue weighted by atomic mass is 10.2. The van der Waals surface area contributed by atoms with Crippen molar-refractivity contribution in [1.82, 2.24) is 0 Å². The highest BCUT2D eigenvalue weighted by molar-refractivity contribution is 9.19. The number of ketones is 1. The number of rotatable bonds is 3. The van der Waals surface area contributed by atoms with Crippen LogP contribution in [-0.2, 0) is 4.79 Å². The lowest BCUT2D eigenvalue weighted by molar-refractivity contribution is -0.110. The number of nitrogens with zero attached hydrogens (tertiary/aromatic N) is 1. The zero-order chi connectivity index (χ0) is 10.6. The van der Waals surface area contributed by atoms with Gasteiger partial charge in [-0.1, -0.05) is 17.7 Å². The van der Waals surface area contributed by atoms with Crippen LogP contribution in [0.3, 0.4) is 0 Å². The third-order valence-corrected chi connectivity index (χ3v) is 2.36. The Morgan fingerprint density at radius 3 is 2.43 bits per heavy atom. The van der Waals surface area contributed by atoms with Crippen LogP contribution >= 0.6 is 15.9 Å². The molecule has 0 saturated heterocycles. The number of hydrogen-bond acceptors (Lipinski definition) is 3. The van der Waals surface area contributed by atoms with Gasteiger partial charge in [0.15, 0.2) is 10.4 Å². The van der Waals surface area contributed by atoms with Gasteiger partial charge in [-0.3, -0.25) is 10.2 Å². The van der Waals surface area contributed by atoms with Crippen LogP contribution in [0.2, 0.25) is 0 Å². The number of halogens is 1. The zero-order valence-electron chi connectivity index (χ0n) is 8.04. The average molecular weight is 255 g/mol. The highest BCUT2D eigenvalue weighted by Crippen LogP contribution is 2.08. The molecule has 74 valence electrons. The minimum Gasteiger partial charge on any atom is -0.292 e. The summed E-state index contributed by atoms with van der Waals surface area (Å²) in [6.07, 6.45) is 0. The van der Waals surface area contributed by atoms with Gasteiger partial charge in [-0.25, -0.2) is 0 Å². The minimum absolute atomic E-state index is 0.107. The van der Waals surface area contributed by atoms with Gasteiger partial charge in [0.1, 0.15) is 0 Å². The van der Waals surface area contributed by atoms with Gasteiger partial charge in [0.2, 0.25) is 0 Å². The number of Topliss-reactive ketones (excluding diaryl/α,β-unsaturated/α-hetero) is 1. The molecule has 0 bridgehead atoms. The van der Waals surface area contributed by atoms with E-state index in [9.17, 15) is 4.79 Å². The molecule has 4 heteroatoms. The van der Waals surface area contributed by atoms with Gasteiger partial charge in [0.05, 0.1) is 5.69 Å². The molecule has 0 heterocycles. The average Bonchev–Trinajstić information content (AvgIpc) is 2.16. The molecule has 1 N–H and O–H groups in total. The first-order chi connectivity index (χ1) is 6.59. The fourth-order valence-electron chi connectivity index (χ4n) is 0.820. The van der Waals surface area contributed by atoms with Crippen molar-refractivity contribution < 1.29 is 4.79 Å². The lowest BCUT2D eigenvalue weighted by Crippen LogP contribution is -2.03. The number of benzene rings is 1. The highest BCUT2D eigenvalue weighted by Gasteiger charge is 1.99. The number of anilines is 1. The quantitative estimate of drug-likeness (QED) is 0.666. The van der Waals surface area contributed by atoms with Crippen LogP contribution in [-0.4, -0.2) is 10.4 Å². The predicted octanol–water partition coefficient (Wildman–Crippen LogP) is 2.70. The van der Waals surface area contributed by atoms with Crippen LogP contribution in [0.1, 0.15) is 12.5 Å². The van der Waals surface area contributed by atoms with Crippen molar-refractivity contribution in [2.24, 2.45) is 5.10 Å². The number of aryl methyl sites for hydroxylation is 1. The molecule has 0 aliphatic carbocycles. The predicted molar refractivity (Wildman–Crippen MR) is 61.8 cm³/mol. The summed E-state index contributed by atoms with van der Waals surface area (Å²) < 4.78 is 0.290. The molecule has 0 aromatic heterocycles. The Balaban J connectivity index is 2.66.